The van der Waals surface area contributed by atoms with Crippen molar-refractivity contribution in [2.24, 2.45) is 4.99 Å². The number of nitrogens with one attached hydrogen (secondary N) is 2. The maximum absolute atomic E-state index is 5.75. The zero-order valence-electron chi connectivity index (χ0n) is 38.3. The molecule has 0 radical (unpaired) electrons. The number of allylic oxidation sites excluding steroid dienone is 6. The quantitative estimate of drug-likeness (QED) is 0.175. The highest BCUT2D eigenvalue weighted by Crippen LogP contribution is 2.46. The van der Waals surface area contributed by atoms with Gasteiger partial charge in [0, 0.05) is 39.0 Å². The van der Waals surface area contributed by atoms with Crippen molar-refractivity contribution in [2.45, 2.75) is 76.2 Å². The molecule has 4 aliphatic carbocycles. The topological polar surface area (TPSA) is 46.3 Å². The Morgan fingerprint density at radius 3 is 2.29 bits per heavy atom. The molecular formula is C63H53N5. The van der Waals surface area contributed by atoms with Crippen LogP contribution in [0.15, 0.2) is 198 Å². The van der Waals surface area contributed by atoms with Gasteiger partial charge in [-0.3, -0.25) is 5.32 Å². The molecule has 5 heteroatoms. The van der Waals surface area contributed by atoms with Crippen molar-refractivity contribution >= 4 is 55.3 Å². The number of hydrogen-bond donors (Lipinski definition) is 2. The number of aliphatic imine (C=N–C) groups is 1. The van der Waals surface area contributed by atoms with Crippen LogP contribution in [0.5, 0.6) is 0 Å². The molecule has 14 rings (SSSR count). The predicted octanol–water partition coefficient (Wildman–Crippen LogP) is 14.9. The zero-order valence-corrected chi connectivity index (χ0v) is 38.3. The van der Waals surface area contributed by atoms with Gasteiger partial charge in [0.15, 0.2) is 0 Å². The number of nitrogens with zero attached hydrogens (tertiary/aromatic N) is 3. The molecule has 0 fully saturated rings. The van der Waals surface area contributed by atoms with Crippen LogP contribution in [-0.4, -0.2) is 15.0 Å². The minimum Gasteiger partial charge on any atom is -0.351 e. The molecule has 3 heterocycles. The smallest absolute Gasteiger partial charge is 0.130 e. The fraction of sp³-hybridized carbons (Fsp3) is 0.190. The van der Waals surface area contributed by atoms with Gasteiger partial charge in [-0.2, -0.15) is 0 Å². The SMILES string of the molecule is C1=CC2=CCC(n3c4c(c5cc6ccc(-n7c8c(c9c%10ccccc%10ccc97)CCCC8)cc6cc53)C=CCC4)C(C3=NC(c4cccc(-c5ccccc5)c4)NC(c4ccccc4)N3)=C2CC1. The summed E-state index contributed by atoms with van der Waals surface area (Å²) >= 11 is 0. The molecule has 2 N–H and O–H groups in total. The molecule has 3 unspecified atom stereocenters. The fourth-order valence-corrected chi connectivity index (χ4v) is 12.5. The number of hydrogen-bond acceptors (Lipinski definition) is 3. The van der Waals surface area contributed by atoms with Crippen molar-refractivity contribution in [3.8, 4) is 16.8 Å². The molecule has 0 amide bonds. The van der Waals surface area contributed by atoms with Gasteiger partial charge in [0.1, 0.15) is 18.2 Å². The van der Waals surface area contributed by atoms with E-state index in [1.807, 2.05) is 0 Å². The van der Waals surface area contributed by atoms with Crippen LogP contribution in [0, 0.1) is 0 Å². The molecule has 330 valence electrons. The lowest BCUT2D eigenvalue weighted by Gasteiger charge is -2.38. The maximum Gasteiger partial charge on any atom is 0.130 e. The predicted molar refractivity (Wildman–Crippen MR) is 282 cm³/mol. The number of fused-ring (bicyclic) bond motifs is 10. The third-order valence-electron chi connectivity index (χ3n) is 15.6. The molecule has 1 aliphatic heterocycles. The van der Waals surface area contributed by atoms with E-state index in [0.29, 0.717) is 0 Å². The molecule has 3 atom stereocenters. The second-order valence-corrected chi connectivity index (χ2v) is 19.5. The molecule has 9 aromatic rings. The first kappa shape index (κ1) is 39.7. The summed E-state index contributed by atoms with van der Waals surface area (Å²) in [5.74, 6) is 0.996. The summed E-state index contributed by atoms with van der Waals surface area (Å²) in [7, 11) is 0. The summed E-state index contributed by atoms with van der Waals surface area (Å²) in [4.78, 5) is 5.75. The van der Waals surface area contributed by atoms with Crippen LogP contribution in [0.1, 0.15) is 90.5 Å². The average molecular weight is 880 g/mol. The van der Waals surface area contributed by atoms with Crippen LogP contribution in [0.25, 0.3) is 66.2 Å². The molecule has 0 bridgehead atoms. The number of rotatable bonds is 6. The first-order valence-corrected chi connectivity index (χ1v) is 24.9. The van der Waals surface area contributed by atoms with Gasteiger partial charge in [0.25, 0.3) is 0 Å². The monoisotopic (exact) mass is 879 g/mol. The Morgan fingerprint density at radius 1 is 0.574 bits per heavy atom. The highest BCUT2D eigenvalue weighted by molar-refractivity contribution is 6.10. The second-order valence-electron chi connectivity index (χ2n) is 19.5. The van der Waals surface area contributed by atoms with E-state index in [9.17, 15) is 0 Å². The summed E-state index contributed by atoms with van der Waals surface area (Å²) in [6.07, 6.45) is 21.3. The summed E-state index contributed by atoms with van der Waals surface area (Å²) in [5.41, 5.74) is 18.6. The molecule has 0 spiro atoms. The Labute approximate surface area is 397 Å². The Bertz CT molecular complexity index is 3670. The zero-order chi connectivity index (χ0) is 44.7. The molecule has 0 saturated heterocycles. The minimum absolute atomic E-state index is 0.0596. The van der Waals surface area contributed by atoms with Crippen LogP contribution in [-0.2, 0) is 19.3 Å². The Kier molecular flexibility index (Phi) is 9.40. The number of aromatic nitrogens is 2. The van der Waals surface area contributed by atoms with Gasteiger partial charge in [0.05, 0.1) is 17.1 Å². The van der Waals surface area contributed by atoms with Crippen molar-refractivity contribution in [1.29, 1.82) is 0 Å². The fourth-order valence-electron chi connectivity index (χ4n) is 12.5. The molecule has 5 nitrogen and oxygen atoms in total. The lowest BCUT2D eigenvalue weighted by molar-refractivity contribution is 0.405. The van der Waals surface area contributed by atoms with E-state index in [-0.39, 0.29) is 18.4 Å². The number of amidine groups is 1. The van der Waals surface area contributed by atoms with Crippen molar-refractivity contribution in [3.63, 3.8) is 0 Å². The third-order valence-corrected chi connectivity index (χ3v) is 15.6. The van der Waals surface area contributed by atoms with Crippen LogP contribution < -0.4 is 10.6 Å². The van der Waals surface area contributed by atoms with Crippen LogP contribution >= 0.6 is 0 Å². The molecule has 5 aliphatic rings. The first-order chi connectivity index (χ1) is 33.7. The van der Waals surface area contributed by atoms with E-state index < -0.39 is 0 Å². The van der Waals surface area contributed by atoms with Gasteiger partial charge in [0.2, 0.25) is 0 Å². The Morgan fingerprint density at radius 2 is 1.37 bits per heavy atom. The van der Waals surface area contributed by atoms with Gasteiger partial charge < -0.3 is 14.5 Å². The van der Waals surface area contributed by atoms with Gasteiger partial charge in [-0.05, 0) is 155 Å². The highest BCUT2D eigenvalue weighted by atomic mass is 15.3. The number of benzene rings is 7. The average Bonchev–Trinajstić information content (AvgIpc) is 3.92. The van der Waals surface area contributed by atoms with E-state index in [4.69, 9.17) is 4.99 Å². The molecule has 68 heavy (non-hydrogen) atoms. The number of aryl methyl sites for hydroxylation is 1. The van der Waals surface area contributed by atoms with Crippen molar-refractivity contribution in [2.75, 3.05) is 0 Å². The first-order valence-electron chi connectivity index (χ1n) is 24.9. The van der Waals surface area contributed by atoms with Crippen molar-refractivity contribution in [1.82, 2.24) is 19.8 Å². The molecule has 7 aromatic carbocycles. The van der Waals surface area contributed by atoms with Crippen LogP contribution in [0.3, 0.4) is 0 Å². The van der Waals surface area contributed by atoms with Gasteiger partial charge in [-0.1, -0.05) is 146 Å². The van der Waals surface area contributed by atoms with Crippen LogP contribution in [0.2, 0.25) is 0 Å². The summed E-state index contributed by atoms with van der Waals surface area (Å²) in [6.45, 7) is 0. The summed E-state index contributed by atoms with van der Waals surface area (Å²) < 4.78 is 5.36. The third kappa shape index (κ3) is 6.43. The normalized spacial score (nSPS) is 20.0. The highest BCUT2D eigenvalue weighted by Gasteiger charge is 2.36. The molecular weight excluding hydrogens is 827 g/mol. The lowest BCUT2D eigenvalue weighted by atomic mass is 9.81. The Balaban J connectivity index is 0.951. The van der Waals surface area contributed by atoms with Gasteiger partial charge in [-0.15, -0.1) is 0 Å². The van der Waals surface area contributed by atoms with E-state index in [0.717, 1.165) is 56.3 Å². The standard InChI is InChI=1S/C63H53N5/c1-3-16-40(17-4-1)44-22-15-23-46(36-44)62-64-61(43-20-5-2-6-21-43)65-63(66-62)60-50-25-10-8-19-42(50)32-35-57(60)68-54-28-13-11-26-51(54)53-38-45-30-33-48(37-47(45)39-58(53)68)67-55-29-14-12-27-52(55)59-49-24-9-7-18-41(49)31-34-56(59)67/h1-9,11,15-24,26,30-34,36-39,57,61-62,64H,10,12-14,25,27-29,35H2,(H,65,66). The van der Waals surface area contributed by atoms with E-state index >= 15 is 0 Å². The van der Waals surface area contributed by atoms with E-state index in [1.54, 1.807) is 5.56 Å². The largest absolute Gasteiger partial charge is 0.351 e. The van der Waals surface area contributed by atoms with E-state index in [1.165, 1.54) is 112 Å². The van der Waals surface area contributed by atoms with Crippen molar-refractivity contribution in [3.05, 3.63) is 226 Å². The van der Waals surface area contributed by atoms with Gasteiger partial charge in [-0.25, -0.2) is 4.99 Å². The molecule has 2 aromatic heterocycles. The maximum atomic E-state index is 5.75. The van der Waals surface area contributed by atoms with Crippen LogP contribution in [0.4, 0.5) is 0 Å². The van der Waals surface area contributed by atoms with Gasteiger partial charge >= 0.3 is 0 Å². The lowest BCUT2D eigenvalue weighted by Crippen LogP contribution is -2.46. The molecule has 0 saturated carbocycles. The van der Waals surface area contributed by atoms with Crippen molar-refractivity contribution < 1.29 is 0 Å². The second kappa shape index (κ2) is 16.1. The van der Waals surface area contributed by atoms with E-state index in [2.05, 4.69) is 202 Å². The summed E-state index contributed by atoms with van der Waals surface area (Å²) in [5, 5.41) is 16.0. The minimum atomic E-state index is -0.253. The Hall–Kier alpha value is -7.47. The summed E-state index contributed by atoms with van der Waals surface area (Å²) in [6, 6.07) is 56.5.